The Morgan fingerprint density at radius 3 is 2.48 bits per heavy atom. The monoisotopic (exact) mass is 287 g/mol. The fourth-order valence-electron chi connectivity index (χ4n) is 2.82. The van der Waals surface area contributed by atoms with E-state index in [1.807, 2.05) is 12.1 Å². The molecule has 114 valence electrons. The summed E-state index contributed by atoms with van der Waals surface area (Å²) in [6, 6.07) is 8.22. The third-order valence-corrected chi connectivity index (χ3v) is 4.29. The number of benzene rings is 1. The zero-order valence-corrected chi connectivity index (χ0v) is 12.6. The number of nitrogens with one attached hydrogen (secondary N) is 2. The molecular weight excluding hydrogens is 262 g/mol. The Hall–Kier alpha value is -1.55. The molecule has 1 aromatic rings. The second kappa shape index (κ2) is 6.94. The Bertz CT molecular complexity index is 461. The van der Waals surface area contributed by atoms with Crippen LogP contribution in [0.4, 0.5) is 11.4 Å². The number of anilines is 2. The highest BCUT2D eigenvalue weighted by Crippen LogP contribution is 2.27. The molecule has 0 unspecified atom stereocenters. The van der Waals surface area contributed by atoms with E-state index in [0.717, 1.165) is 31.2 Å². The van der Waals surface area contributed by atoms with Gasteiger partial charge in [0.05, 0.1) is 6.54 Å². The lowest BCUT2D eigenvalue weighted by Crippen LogP contribution is -2.30. The number of carbonyl (C=O) groups is 1. The summed E-state index contributed by atoms with van der Waals surface area (Å²) in [6.07, 6.45) is 6.54. The standard InChI is InChI=1S/C17H25N3O/c21-17(13-18-12-14-4-5-14)19-15-6-8-16(9-7-15)20-10-2-1-3-11-20/h6-9,14,18H,1-5,10-13H2,(H,19,21). The maximum atomic E-state index is 11.8. The van der Waals surface area contributed by atoms with E-state index in [1.165, 1.54) is 37.8 Å². The molecule has 2 aliphatic rings. The highest BCUT2D eigenvalue weighted by atomic mass is 16.1. The van der Waals surface area contributed by atoms with Gasteiger partial charge in [0.2, 0.25) is 5.91 Å². The first-order valence-corrected chi connectivity index (χ1v) is 8.17. The lowest BCUT2D eigenvalue weighted by Gasteiger charge is -2.28. The Balaban J connectivity index is 1.45. The topological polar surface area (TPSA) is 44.4 Å². The van der Waals surface area contributed by atoms with Crippen LogP contribution in [0.5, 0.6) is 0 Å². The quantitative estimate of drug-likeness (QED) is 0.845. The van der Waals surface area contributed by atoms with Crippen molar-refractivity contribution in [3.63, 3.8) is 0 Å². The molecule has 1 aliphatic carbocycles. The van der Waals surface area contributed by atoms with E-state index in [-0.39, 0.29) is 5.91 Å². The van der Waals surface area contributed by atoms with Gasteiger partial charge in [0.1, 0.15) is 0 Å². The second-order valence-corrected chi connectivity index (χ2v) is 6.22. The highest BCUT2D eigenvalue weighted by molar-refractivity contribution is 5.92. The van der Waals surface area contributed by atoms with Gasteiger partial charge in [-0.15, -0.1) is 0 Å². The van der Waals surface area contributed by atoms with Gasteiger partial charge in [-0.25, -0.2) is 0 Å². The Labute approximate surface area is 126 Å². The van der Waals surface area contributed by atoms with Gasteiger partial charge in [0.25, 0.3) is 0 Å². The number of piperidine rings is 1. The average Bonchev–Trinajstić information content (AvgIpc) is 3.33. The van der Waals surface area contributed by atoms with Crippen LogP contribution in [0, 0.1) is 5.92 Å². The molecule has 0 radical (unpaired) electrons. The predicted molar refractivity (Wildman–Crippen MR) is 86.7 cm³/mol. The summed E-state index contributed by atoms with van der Waals surface area (Å²) in [5.74, 6) is 0.850. The largest absolute Gasteiger partial charge is 0.372 e. The van der Waals surface area contributed by atoms with Crippen LogP contribution in [0.3, 0.4) is 0 Å². The van der Waals surface area contributed by atoms with Gasteiger partial charge in [0.15, 0.2) is 0 Å². The van der Waals surface area contributed by atoms with E-state index in [1.54, 1.807) is 0 Å². The third kappa shape index (κ3) is 4.46. The highest BCUT2D eigenvalue weighted by Gasteiger charge is 2.20. The number of rotatable bonds is 6. The van der Waals surface area contributed by atoms with Crippen molar-refractivity contribution in [2.24, 2.45) is 5.92 Å². The molecule has 1 saturated heterocycles. The van der Waals surface area contributed by atoms with Crippen molar-refractivity contribution in [2.75, 3.05) is 36.4 Å². The summed E-state index contributed by atoms with van der Waals surface area (Å²) in [4.78, 5) is 14.2. The smallest absolute Gasteiger partial charge is 0.238 e. The van der Waals surface area contributed by atoms with Crippen molar-refractivity contribution in [1.29, 1.82) is 0 Å². The molecule has 2 fully saturated rings. The van der Waals surface area contributed by atoms with Gasteiger partial charge >= 0.3 is 0 Å². The van der Waals surface area contributed by atoms with E-state index in [2.05, 4.69) is 27.7 Å². The molecule has 0 spiro atoms. The molecule has 0 bridgehead atoms. The van der Waals surface area contributed by atoms with E-state index in [0.29, 0.717) is 6.54 Å². The fraction of sp³-hybridized carbons (Fsp3) is 0.588. The van der Waals surface area contributed by atoms with E-state index in [9.17, 15) is 4.79 Å². The second-order valence-electron chi connectivity index (χ2n) is 6.22. The predicted octanol–water partition coefficient (Wildman–Crippen LogP) is 2.62. The maximum Gasteiger partial charge on any atom is 0.238 e. The van der Waals surface area contributed by atoms with Crippen molar-refractivity contribution in [1.82, 2.24) is 5.32 Å². The summed E-state index contributed by atoms with van der Waals surface area (Å²) in [7, 11) is 0. The van der Waals surface area contributed by atoms with Gasteiger partial charge < -0.3 is 15.5 Å². The van der Waals surface area contributed by atoms with Gasteiger partial charge in [-0.1, -0.05) is 0 Å². The molecule has 4 heteroatoms. The molecule has 0 atom stereocenters. The number of hydrogen-bond donors (Lipinski definition) is 2. The minimum Gasteiger partial charge on any atom is -0.372 e. The van der Waals surface area contributed by atoms with Crippen LogP contribution >= 0.6 is 0 Å². The number of carbonyl (C=O) groups excluding carboxylic acids is 1. The minimum absolute atomic E-state index is 0.0429. The summed E-state index contributed by atoms with van der Waals surface area (Å²) in [6.45, 7) is 3.68. The van der Waals surface area contributed by atoms with Gasteiger partial charge in [0, 0.05) is 24.5 Å². The van der Waals surface area contributed by atoms with E-state index >= 15 is 0 Å². The molecule has 3 rings (SSSR count). The number of nitrogens with zero attached hydrogens (tertiary/aromatic N) is 1. The normalized spacial score (nSPS) is 18.6. The molecule has 0 aromatic heterocycles. The molecule has 1 saturated carbocycles. The van der Waals surface area contributed by atoms with Gasteiger partial charge in [-0.2, -0.15) is 0 Å². The maximum absolute atomic E-state index is 11.8. The molecule has 1 aliphatic heterocycles. The van der Waals surface area contributed by atoms with Crippen LogP contribution in [0.2, 0.25) is 0 Å². The van der Waals surface area contributed by atoms with Crippen molar-refractivity contribution in [3.8, 4) is 0 Å². The SMILES string of the molecule is O=C(CNCC1CC1)Nc1ccc(N2CCCCC2)cc1. The Morgan fingerprint density at radius 1 is 1.10 bits per heavy atom. The van der Waals surface area contributed by atoms with Crippen LogP contribution < -0.4 is 15.5 Å². The summed E-state index contributed by atoms with van der Waals surface area (Å²) < 4.78 is 0. The van der Waals surface area contributed by atoms with Crippen LogP contribution in [-0.4, -0.2) is 32.1 Å². The Morgan fingerprint density at radius 2 is 1.81 bits per heavy atom. The average molecular weight is 287 g/mol. The lowest BCUT2D eigenvalue weighted by atomic mass is 10.1. The van der Waals surface area contributed by atoms with Gasteiger partial charge in [-0.05, 0) is 68.8 Å². The minimum atomic E-state index is 0.0429. The zero-order valence-electron chi connectivity index (χ0n) is 12.6. The summed E-state index contributed by atoms with van der Waals surface area (Å²) >= 11 is 0. The summed E-state index contributed by atoms with van der Waals surface area (Å²) in [5.41, 5.74) is 2.15. The van der Waals surface area contributed by atoms with Crippen molar-refractivity contribution in [2.45, 2.75) is 32.1 Å². The molecule has 1 amide bonds. The van der Waals surface area contributed by atoms with Crippen molar-refractivity contribution < 1.29 is 4.79 Å². The van der Waals surface area contributed by atoms with Gasteiger partial charge in [-0.3, -0.25) is 4.79 Å². The number of amides is 1. The first-order chi connectivity index (χ1) is 10.3. The molecule has 4 nitrogen and oxygen atoms in total. The first kappa shape index (κ1) is 14.4. The lowest BCUT2D eigenvalue weighted by molar-refractivity contribution is -0.115. The molecule has 2 N–H and O–H groups in total. The molecule has 21 heavy (non-hydrogen) atoms. The summed E-state index contributed by atoms with van der Waals surface area (Å²) in [5, 5.41) is 6.16. The van der Waals surface area contributed by atoms with Crippen LogP contribution in [0.25, 0.3) is 0 Å². The molecular formula is C17H25N3O. The van der Waals surface area contributed by atoms with Crippen molar-refractivity contribution in [3.05, 3.63) is 24.3 Å². The number of hydrogen-bond acceptors (Lipinski definition) is 3. The first-order valence-electron chi connectivity index (χ1n) is 8.17. The van der Waals surface area contributed by atoms with E-state index < -0.39 is 0 Å². The van der Waals surface area contributed by atoms with Crippen LogP contribution in [0.1, 0.15) is 32.1 Å². The van der Waals surface area contributed by atoms with Crippen LogP contribution in [0.15, 0.2) is 24.3 Å². The van der Waals surface area contributed by atoms with Crippen molar-refractivity contribution >= 4 is 17.3 Å². The molecule has 1 heterocycles. The third-order valence-electron chi connectivity index (χ3n) is 4.29. The zero-order chi connectivity index (χ0) is 14.5. The fourth-order valence-corrected chi connectivity index (χ4v) is 2.82. The van der Waals surface area contributed by atoms with Crippen LogP contribution in [-0.2, 0) is 4.79 Å². The van der Waals surface area contributed by atoms with E-state index in [4.69, 9.17) is 0 Å². The molecule has 1 aromatic carbocycles. The Kier molecular flexibility index (Phi) is 4.76.